The maximum absolute atomic E-state index is 12.5. The van der Waals surface area contributed by atoms with Crippen molar-refractivity contribution < 1.29 is 14.4 Å². The predicted molar refractivity (Wildman–Crippen MR) is 77.0 cm³/mol. The van der Waals surface area contributed by atoms with E-state index < -0.39 is 6.04 Å². The van der Waals surface area contributed by atoms with Gasteiger partial charge in [0, 0.05) is 18.5 Å². The van der Waals surface area contributed by atoms with E-state index in [2.05, 4.69) is 24.4 Å². The first kappa shape index (κ1) is 13.8. The molecule has 3 aliphatic rings. The standard InChI is InChI=1S/C16H18N2O3/c1-2-10-4-3-5-12-11(8-10)9-18(16(12)21)13-6-7-14(19)17-15(13)20/h3-5,8,10,13H,2,6-7,9H2,1H3,(H,17,19,20). The summed E-state index contributed by atoms with van der Waals surface area (Å²) in [5.41, 5.74) is 1.66. The van der Waals surface area contributed by atoms with Crippen molar-refractivity contribution in [1.29, 1.82) is 0 Å². The molecule has 2 saturated heterocycles. The van der Waals surface area contributed by atoms with Crippen molar-refractivity contribution in [1.82, 2.24) is 10.2 Å². The molecule has 110 valence electrons. The third kappa shape index (κ3) is 2.44. The summed E-state index contributed by atoms with van der Waals surface area (Å²) in [7, 11) is 0. The molecular weight excluding hydrogens is 268 g/mol. The second-order valence-corrected chi connectivity index (χ2v) is 5.63. The van der Waals surface area contributed by atoms with E-state index in [1.54, 1.807) is 4.90 Å². The van der Waals surface area contributed by atoms with Crippen molar-refractivity contribution in [2.75, 3.05) is 6.54 Å². The molecule has 2 atom stereocenters. The molecule has 5 nitrogen and oxygen atoms in total. The molecule has 3 amide bonds. The SMILES string of the molecule is CCC1C=CC=C2C(=O)N(C3CCC(=O)NC3=O)CC2=C1. The number of carbonyl (C=O) groups is 3. The van der Waals surface area contributed by atoms with Gasteiger partial charge in [-0.15, -0.1) is 0 Å². The molecule has 2 aliphatic heterocycles. The average molecular weight is 286 g/mol. The Labute approximate surface area is 123 Å². The zero-order valence-corrected chi connectivity index (χ0v) is 12.0. The molecular formula is C16H18N2O3. The highest BCUT2D eigenvalue weighted by molar-refractivity contribution is 6.07. The minimum atomic E-state index is -0.534. The Morgan fingerprint density at radius 3 is 2.86 bits per heavy atom. The molecule has 0 saturated carbocycles. The van der Waals surface area contributed by atoms with Gasteiger partial charge >= 0.3 is 0 Å². The molecule has 21 heavy (non-hydrogen) atoms. The molecule has 3 rings (SSSR count). The average Bonchev–Trinajstić information content (AvgIpc) is 2.64. The highest BCUT2D eigenvalue weighted by Crippen LogP contribution is 2.31. The molecule has 0 spiro atoms. The van der Waals surface area contributed by atoms with Crippen LogP contribution in [-0.2, 0) is 14.4 Å². The van der Waals surface area contributed by atoms with Gasteiger partial charge in [0.15, 0.2) is 0 Å². The van der Waals surface area contributed by atoms with Crippen molar-refractivity contribution in [2.24, 2.45) is 5.92 Å². The fourth-order valence-electron chi connectivity index (χ4n) is 3.05. The number of hydrogen-bond acceptors (Lipinski definition) is 3. The van der Waals surface area contributed by atoms with Crippen LogP contribution < -0.4 is 5.32 Å². The van der Waals surface area contributed by atoms with Crippen LogP contribution in [0.4, 0.5) is 0 Å². The lowest BCUT2D eigenvalue weighted by Gasteiger charge is -2.29. The van der Waals surface area contributed by atoms with Crippen LogP contribution in [0.1, 0.15) is 26.2 Å². The van der Waals surface area contributed by atoms with Crippen molar-refractivity contribution in [3.63, 3.8) is 0 Å². The summed E-state index contributed by atoms with van der Waals surface area (Å²) >= 11 is 0. The number of amides is 3. The smallest absolute Gasteiger partial charge is 0.255 e. The van der Waals surface area contributed by atoms with Gasteiger partial charge < -0.3 is 4.90 Å². The predicted octanol–water partition coefficient (Wildman–Crippen LogP) is 1.08. The normalized spacial score (nSPS) is 28.8. The van der Waals surface area contributed by atoms with Crippen molar-refractivity contribution >= 4 is 17.7 Å². The highest BCUT2D eigenvalue weighted by Gasteiger charge is 2.40. The topological polar surface area (TPSA) is 66.5 Å². The van der Waals surface area contributed by atoms with Gasteiger partial charge in [-0.3, -0.25) is 19.7 Å². The molecule has 2 heterocycles. The molecule has 2 fully saturated rings. The minimum Gasteiger partial charge on any atom is -0.322 e. The second-order valence-electron chi connectivity index (χ2n) is 5.63. The van der Waals surface area contributed by atoms with Crippen molar-refractivity contribution in [2.45, 2.75) is 32.2 Å². The van der Waals surface area contributed by atoms with Gasteiger partial charge in [0.2, 0.25) is 11.8 Å². The molecule has 1 aliphatic carbocycles. The zero-order chi connectivity index (χ0) is 15.0. The van der Waals surface area contributed by atoms with E-state index in [0.717, 1.165) is 12.0 Å². The van der Waals surface area contributed by atoms with Crippen LogP contribution in [0.15, 0.2) is 35.5 Å². The number of nitrogens with zero attached hydrogens (tertiary/aromatic N) is 1. The van der Waals surface area contributed by atoms with Crippen LogP contribution in [0, 0.1) is 5.92 Å². The lowest BCUT2D eigenvalue weighted by atomic mass is 10.0. The molecule has 2 unspecified atom stereocenters. The highest BCUT2D eigenvalue weighted by atomic mass is 16.2. The summed E-state index contributed by atoms with van der Waals surface area (Å²) in [6.45, 7) is 2.56. The number of imide groups is 1. The summed E-state index contributed by atoms with van der Waals surface area (Å²) in [6.07, 6.45) is 9.61. The molecule has 0 aromatic rings. The van der Waals surface area contributed by atoms with E-state index in [9.17, 15) is 14.4 Å². The fraction of sp³-hybridized carbons (Fsp3) is 0.438. The second kappa shape index (κ2) is 5.31. The Kier molecular flexibility index (Phi) is 3.49. The maximum Gasteiger partial charge on any atom is 0.255 e. The number of allylic oxidation sites excluding steroid dienone is 4. The molecule has 5 heteroatoms. The van der Waals surface area contributed by atoms with E-state index in [0.29, 0.717) is 24.5 Å². The number of hydrogen-bond donors (Lipinski definition) is 1. The number of likely N-dealkylation sites (tertiary alicyclic amines) is 1. The van der Waals surface area contributed by atoms with Gasteiger partial charge in [0.25, 0.3) is 5.91 Å². The third-order valence-electron chi connectivity index (χ3n) is 4.27. The fourth-order valence-corrected chi connectivity index (χ4v) is 3.05. The van der Waals surface area contributed by atoms with Crippen LogP contribution in [0.25, 0.3) is 0 Å². The van der Waals surface area contributed by atoms with E-state index in [-0.39, 0.29) is 24.1 Å². The lowest BCUT2D eigenvalue weighted by Crippen LogP contribution is -2.52. The van der Waals surface area contributed by atoms with E-state index >= 15 is 0 Å². The zero-order valence-electron chi connectivity index (χ0n) is 12.0. The number of rotatable bonds is 2. The van der Waals surface area contributed by atoms with Gasteiger partial charge in [0.1, 0.15) is 6.04 Å². The van der Waals surface area contributed by atoms with Crippen LogP contribution in [0.2, 0.25) is 0 Å². The molecule has 0 aromatic heterocycles. The first-order valence-corrected chi connectivity index (χ1v) is 7.34. The monoisotopic (exact) mass is 286 g/mol. The van der Waals surface area contributed by atoms with Crippen molar-refractivity contribution in [3.8, 4) is 0 Å². The van der Waals surface area contributed by atoms with Gasteiger partial charge in [-0.2, -0.15) is 0 Å². The maximum atomic E-state index is 12.5. The molecule has 0 radical (unpaired) electrons. The Hall–Kier alpha value is -2.17. The van der Waals surface area contributed by atoms with Crippen LogP contribution in [-0.4, -0.2) is 35.2 Å². The summed E-state index contributed by atoms with van der Waals surface area (Å²) in [4.78, 5) is 37.3. The Balaban J connectivity index is 1.86. The number of piperidine rings is 1. The summed E-state index contributed by atoms with van der Waals surface area (Å²) in [5.74, 6) is -0.412. The quantitative estimate of drug-likeness (QED) is 0.773. The van der Waals surface area contributed by atoms with Crippen LogP contribution >= 0.6 is 0 Å². The van der Waals surface area contributed by atoms with Crippen LogP contribution in [0.3, 0.4) is 0 Å². The molecule has 0 aromatic carbocycles. The first-order chi connectivity index (χ1) is 10.1. The van der Waals surface area contributed by atoms with Gasteiger partial charge in [0.05, 0.1) is 0 Å². The Bertz CT molecular complexity index is 601. The van der Waals surface area contributed by atoms with E-state index in [1.165, 1.54) is 0 Å². The van der Waals surface area contributed by atoms with E-state index in [1.807, 2.05) is 12.2 Å². The molecule has 1 N–H and O–H groups in total. The van der Waals surface area contributed by atoms with Gasteiger partial charge in [-0.1, -0.05) is 25.2 Å². The largest absolute Gasteiger partial charge is 0.322 e. The lowest BCUT2D eigenvalue weighted by molar-refractivity contribution is -0.142. The summed E-state index contributed by atoms with van der Waals surface area (Å²) < 4.78 is 0. The number of fused-ring (bicyclic) bond motifs is 1. The third-order valence-corrected chi connectivity index (χ3v) is 4.27. The number of carbonyl (C=O) groups excluding carboxylic acids is 3. The van der Waals surface area contributed by atoms with Crippen molar-refractivity contribution in [3.05, 3.63) is 35.5 Å². The Morgan fingerprint density at radius 1 is 1.33 bits per heavy atom. The summed E-state index contributed by atoms with van der Waals surface area (Å²) in [5, 5.41) is 2.32. The van der Waals surface area contributed by atoms with Crippen LogP contribution in [0.5, 0.6) is 0 Å². The summed E-state index contributed by atoms with van der Waals surface area (Å²) in [6, 6.07) is -0.534. The minimum absolute atomic E-state index is 0.114. The number of nitrogens with one attached hydrogen (secondary N) is 1. The van der Waals surface area contributed by atoms with Gasteiger partial charge in [-0.05, 0) is 30.4 Å². The van der Waals surface area contributed by atoms with E-state index in [4.69, 9.17) is 0 Å². The first-order valence-electron chi connectivity index (χ1n) is 7.34. The Morgan fingerprint density at radius 2 is 2.14 bits per heavy atom. The van der Waals surface area contributed by atoms with Gasteiger partial charge in [-0.25, -0.2) is 0 Å². The molecule has 0 bridgehead atoms.